The summed E-state index contributed by atoms with van der Waals surface area (Å²) in [6.45, 7) is 2.61. The standard InChI is InChI=1S/C16H19NO/c1-2-16(18)13-17(14-9-5-3-6-10-14)15-11-7-4-8-12-15/h3-12,16,18H,2,13H2,1H3. The van der Waals surface area contributed by atoms with Gasteiger partial charge in [-0.3, -0.25) is 0 Å². The van der Waals surface area contributed by atoms with Gasteiger partial charge in [0.05, 0.1) is 6.10 Å². The van der Waals surface area contributed by atoms with E-state index in [9.17, 15) is 5.11 Å². The molecule has 0 bridgehead atoms. The molecular weight excluding hydrogens is 222 g/mol. The monoisotopic (exact) mass is 241 g/mol. The average molecular weight is 241 g/mol. The first-order valence-corrected chi connectivity index (χ1v) is 6.37. The maximum atomic E-state index is 9.91. The van der Waals surface area contributed by atoms with E-state index in [1.807, 2.05) is 43.3 Å². The Kier molecular flexibility index (Phi) is 4.37. The van der Waals surface area contributed by atoms with Crippen LogP contribution in [0.2, 0.25) is 0 Å². The van der Waals surface area contributed by atoms with Crippen molar-refractivity contribution in [3.8, 4) is 0 Å². The van der Waals surface area contributed by atoms with Gasteiger partial charge in [-0.1, -0.05) is 43.3 Å². The van der Waals surface area contributed by atoms with Crippen LogP contribution in [0.5, 0.6) is 0 Å². The normalized spacial score (nSPS) is 12.1. The van der Waals surface area contributed by atoms with Gasteiger partial charge < -0.3 is 10.0 Å². The Morgan fingerprint density at radius 2 is 1.33 bits per heavy atom. The van der Waals surface area contributed by atoms with Gasteiger partial charge in [-0.25, -0.2) is 0 Å². The van der Waals surface area contributed by atoms with Gasteiger partial charge in [-0.05, 0) is 30.7 Å². The molecule has 0 aliphatic heterocycles. The topological polar surface area (TPSA) is 23.5 Å². The van der Waals surface area contributed by atoms with Gasteiger partial charge in [0.2, 0.25) is 0 Å². The smallest absolute Gasteiger partial charge is 0.0716 e. The predicted molar refractivity (Wildman–Crippen MR) is 76.2 cm³/mol. The molecule has 0 saturated heterocycles. The van der Waals surface area contributed by atoms with Gasteiger partial charge in [0.1, 0.15) is 0 Å². The molecule has 0 aliphatic carbocycles. The quantitative estimate of drug-likeness (QED) is 0.864. The Morgan fingerprint density at radius 3 is 1.72 bits per heavy atom. The number of para-hydroxylation sites is 2. The molecule has 1 unspecified atom stereocenters. The molecule has 2 nitrogen and oxygen atoms in total. The lowest BCUT2D eigenvalue weighted by Gasteiger charge is -2.27. The molecule has 1 atom stereocenters. The molecule has 0 amide bonds. The van der Waals surface area contributed by atoms with E-state index in [0.717, 1.165) is 17.8 Å². The summed E-state index contributed by atoms with van der Waals surface area (Å²) in [6, 6.07) is 20.3. The fraction of sp³-hybridized carbons (Fsp3) is 0.250. The minimum absolute atomic E-state index is 0.314. The van der Waals surface area contributed by atoms with Crippen LogP contribution in [0.1, 0.15) is 13.3 Å². The Balaban J connectivity index is 2.29. The highest BCUT2D eigenvalue weighted by Gasteiger charge is 2.12. The van der Waals surface area contributed by atoms with Crippen LogP contribution in [-0.4, -0.2) is 17.8 Å². The molecule has 2 rings (SSSR count). The molecule has 0 radical (unpaired) electrons. The number of hydrogen-bond acceptors (Lipinski definition) is 2. The van der Waals surface area contributed by atoms with Crippen LogP contribution < -0.4 is 4.90 Å². The van der Waals surface area contributed by atoms with Gasteiger partial charge in [0.25, 0.3) is 0 Å². The van der Waals surface area contributed by atoms with E-state index in [-0.39, 0.29) is 6.10 Å². The molecule has 2 heteroatoms. The summed E-state index contributed by atoms with van der Waals surface area (Å²) in [6.07, 6.45) is 0.446. The molecule has 0 aliphatic rings. The van der Waals surface area contributed by atoms with E-state index < -0.39 is 0 Å². The van der Waals surface area contributed by atoms with Crippen molar-refractivity contribution >= 4 is 11.4 Å². The second-order valence-corrected chi connectivity index (χ2v) is 4.34. The highest BCUT2D eigenvalue weighted by atomic mass is 16.3. The van der Waals surface area contributed by atoms with E-state index in [1.54, 1.807) is 0 Å². The first-order chi connectivity index (χ1) is 8.81. The van der Waals surface area contributed by atoms with E-state index in [4.69, 9.17) is 0 Å². The Bertz CT molecular complexity index is 416. The molecule has 2 aromatic rings. The predicted octanol–water partition coefficient (Wildman–Crippen LogP) is 3.60. The Labute approximate surface area is 109 Å². The van der Waals surface area contributed by atoms with Crippen LogP contribution in [0.15, 0.2) is 60.7 Å². The zero-order valence-corrected chi connectivity index (χ0v) is 10.7. The third kappa shape index (κ3) is 3.11. The molecule has 0 spiro atoms. The van der Waals surface area contributed by atoms with Crippen LogP contribution in [0.3, 0.4) is 0 Å². The number of nitrogens with zero attached hydrogens (tertiary/aromatic N) is 1. The summed E-state index contributed by atoms with van der Waals surface area (Å²) in [5.74, 6) is 0. The molecule has 0 heterocycles. The number of anilines is 2. The van der Waals surface area contributed by atoms with Crippen molar-refractivity contribution in [1.82, 2.24) is 0 Å². The third-order valence-electron chi connectivity index (χ3n) is 3.00. The van der Waals surface area contributed by atoms with Crippen LogP contribution >= 0.6 is 0 Å². The third-order valence-corrected chi connectivity index (χ3v) is 3.00. The summed E-state index contributed by atoms with van der Waals surface area (Å²) in [4.78, 5) is 2.15. The molecule has 1 N–H and O–H groups in total. The number of rotatable bonds is 5. The summed E-state index contributed by atoms with van der Waals surface area (Å²) < 4.78 is 0. The number of hydrogen-bond donors (Lipinski definition) is 1. The second kappa shape index (κ2) is 6.22. The lowest BCUT2D eigenvalue weighted by Crippen LogP contribution is -2.28. The Morgan fingerprint density at radius 1 is 0.889 bits per heavy atom. The van der Waals surface area contributed by atoms with Gasteiger partial charge in [-0.2, -0.15) is 0 Å². The SMILES string of the molecule is CCC(O)CN(c1ccccc1)c1ccccc1. The van der Waals surface area contributed by atoms with E-state index in [2.05, 4.69) is 29.2 Å². The molecule has 2 aromatic carbocycles. The summed E-state index contributed by atoms with van der Waals surface area (Å²) in [7, 11) is 0. The number of benzene rings is 2. The summed E-state index contributed by atoms with van der Waals surface area (Å²) in [5, 5.41) is 9.91. The number of aliphatic hydroxyl groups excluding tert-OH is 1. The first kappa shape index (κ1) is 12.7. The molecule has 0 fully saturated rings. The van der Waals surface area contributed by atoms with Crippen LogP contribution in [0, 0.1) is 0 Å². The number of aliphatic hydroxyl groups is 1. The van der Waals surface area contributed by atoms with Crippen molar-refractivity contribution < 1.29 is 5.11 Å². The highest BCUT2D eigenvalue weighted by Crippen LogP contribution is 2.25. The van der Waals surface area contributed by atoms with E-state index >= 15 is 0 Å². The largest absolute Gasteiger partial charge is 0.391 e. The molecule has 18 heavy (non-hydrogen) atoms. The minimum Gasteiger partial charge on any atom is -0.391 e. The molecule has 0 aromatic heterocycles. The van der Waals surface area contributed by atoms with Crippen molar-refractivity contribution in [2.75, 3.05) is 11.4 Å². The maximum absolute atomic E-state index is 9.91. The molecule has 94 valence electrons. The van der Waals surface area contributed by atoms with E-state index in [0.29, 0.717) is 6.54 Å². The second-order valence-electron chi connectivity index (χ2n) is 4.34. The fourth-order valence-electron chi connectivity index (χ4n) is 1.92. The Hall–Kier alpha value is -1.80. The van der Waals surface area contributed by atoms with Crippen molar-refractivity contribution in [2.45, 2.75) is 19.4 Å². The highest BCUT2D eigenvalue weighted by molar-refractivity contribution is 5.62. The van der Waals surface area contributed by atoms with Crippen molar-refractivity contribution in [3.05, 3.63) is 60.7 Å². The van der Waals surface area contributed by atoms with Gasteiger partial charge in [-0.15, -0.1) is 0 Å². The van der Waals surface area contributed by atoms with E-state index in [1.165, 1.54) is 0 Å². The van der Waals surface area contributed by atoms with Crippen molar-refractivity contribution in [1.29, 1.82) is 0 Å². The molecular formula is C16H19NO. The van der Waals surface area contributed by atoms with Gasteiger partial charge in [0.15, 0.2) is 0 Å². The summed E-state index contributed by atoms with van der Waals surface area (Å²) >= 11 is 0. The summed E-state index contributed by atoms with van der Waals surface area (Å²) in [5.41, 5.74) is 2.22. The van der Waals surface area contributed by atoms with Crippen LogP contribution in [-0.2, 0) is 0 Å². The molecule has 0 saturated carbocycles. The van der Waals surface area contributed by atoms with Crippen LogP contribution in [0.25, 0.3) is 0 Å². The fourth-order valence-corrected chi connectivity index (χ4v) is 1.92. The van der Waals surface area contributed by atoms with Crippen molar-refractivity contribution in [2.24, 2.45) is 0 Å². The van der Waals surface area contributed by atoms with Crippen molar-refractivity contribution in [3.63, 3.8) is 0 Å². The van der Waals surface area contributed by atoms with Crippen LogP contribution in [0.4, 0.5) is 11.4 Å². The lowest BCUT2D eigenvalue weighted by molar-refractivity contribution is 0.178. The van der Waals surface area contributed by atoms with Gasteiger partial charge in [0, 0.05) is 17.9 Å². The lowest BCUT2D eigenvalue weighted by atomic mass is 10.2. The minimum atomic E-state index is -0.314. The van der Waals surface area contributed by atoms with Gasteiger partial charge >= 0.3 is 0 Å². The first-order valence-electron chi connectivity index (χ1n) is 6.37. The average Bonchev–Trinajstić information content (AvgIpc) is 2.46. The zero-order chi connectivity index (χ0) is 12.8. The maximum Gasteiger partial charge on any atom is 0.0716 e. The zero-order valence-electron chi connectivity index (χ0n) is 10.7.